The molecule has 0 aliphatic carbocycles. The molecule has 6 nitrogen and oxygen atoms in total. The number of halogens is 4. The molecule has 0 aliphatic heterocycles. The Bertz CT molecular complexity index is 1450. The molecule has 4 aromatic rings. The number of anilines is 1. The molecule has 38 heavy (non-hydrogen) atoms. The van der Waals surface area contributed by atoms with Gasteiger partial charge in [0.25, 0.3) is 0 Å². The molecule has 2 heterocycles. The van der Waals surface area contributed by atoms with Crippen molar-refractivity contribution in [1.82, 2.24) is 19.4 Å². The third-order valence-corrected chi connectivity index (χ3v) is 6.50. The average molecular weight is 555 g/mol. The van der Waals surface area contributed by atoms with Crippen LogP contribution in [-0.2, 0) is 25.7 Å². The zero-order valence-corrected chi connectivity index (χ0v) is 21.6. The van der Waals surface area contributed by atoms with E-state index in [1.54, 1.807) is 36.9 Å². The molecule has 11 heteroatoms. The molecule has 0 spiro atoms. The quantitative estimate of drug-likeness (QED) is 0.203. The Kier molecular flexibility index (Phi) is 8.61. The zero-order valence-electron chi connectivity index (χ0n) is 20.0. The largest absolute Gasteiger partial charge is 0.416 e. The molecule has 194 valence electrons. The molecular weight excluding hydrogens is 533 g/mol. The Morgan fingerprint density at radius 2 is 1.92 bits per heavy atom. The molecule has 0 bridgehead atoms. The van der Waals surface area contributed by atoms with Crippen LogP contribution in [0.25, 0.3) is 0 Å². The predicted molar refractivity (Wildman–Crippen MR) is 144 cm³/mol. The highest BCUT2D eigenvalue weighted by Gasteiger charge is 2.30. The standard InChI is InChI=1S/C27H22ClF3N6S/c28-25-21(3-2-11-34-25)17-36(26(38)35-23-5-1-4-22(13-23)27(29,30)31)12-10-24-15-33-18-37(24)16-20-8-6-19(14-32)7-9-20/h1-9,11,13,15,18H,10,12,16-17H2,(H,35,38). The molecule has 0 aliphatic rings. The van der Waals surface area contributed by atoms with E-state index in [4.69, 9.17) is 29.1 Å². The van der Waals surface area contributed by atoms with E-state index in [1.165, 1.54) is 12.1 Å². The molecule has 0 radical (unpaired) electrons. The van der Waals surface area contributed by atoms with Crippen LogP contribution in [0.1, 0.15) is 27.9 Å². The molecule has 4 rings (SSSR count). The van der Waals surface area contributed by atoms with Crippen molar-refractivity contribution in [2.45, 2.75) is 25.7 Å². The van der Waals surface area contributed by atoms with Crippen LogP contribution in [0.4, 0.5) is 18.9 Å². The van der Waals surface area contributed by atoms with E-state index in [9.17, 15) is 13.2 Å². The summed E-state index contributed by atoms with van der Waals surface area (Å²) in [7, 11) is 0. The summed E-state index contributed by atoms with van der Waals surface area (Å²) in [6.07, 6.45) is 1.17. The van der Waals surface area contributed by atoms with Gasteiger partial charge in [0.15, 0.2) is 5.11 Å². The number of thiocarbonyl (C=S) groups is 1. The van der Waals surface area contributed by atoms with E-state index >= 15 is 0 Å². The maximum atomic E-state index is 13.2. The van der Waals surface area contributed by atoms with Gasteiger partial charge in [0, 0.05) is 55.4 Å². The molecule has 0 unspecified atom stereocenters. The summed E-state index contributed by atoms with van der Waals surface area (Å²) in [5.41, 5.74) is 2.75. The highest BCUT2D eigenvalue weighted by Crippen LogP contribution is 2.30. The average Bonchev–Trinajstić information content (AvgIpc) is 3.34. The minimum absolute atomic E-state index is 0.234. The van der Waals surface area contributed by atoms with Crippen LogP contribution < -0.4 is 5.32 Å². The van der Waals surface area contributed by atoms with E-state index < -0.39 is 11.7 Å². The summed E-state index contributed by atoms with van der Waals surface area (Å²) in [5.74, 6) is 0. The van der Waals surface area contributed by atoms with Crippen molar-refractivity contribution in [2.75, 3.05) is 11.9 Å². The monoisotopic (exact) mass is 554 g/mol. The first kappa shape index (κ1) is 27.1. The molecule has 2 aromatic heterocycles. The molecule has 0 saturated heterocycles. The number of nitriles is 1. The molecule has 2 aromatic carbocycles. The second-order valence-electron chi connectivity index (χ2n) is 8.46. The van der Waals surface area contributed by atoms with E-state index in [1.807, 2.05) is 27.7 Å². The Morgan fingerprint density at radius 1 is 1.13 bits per heavy atom. The number of alkyl halides is 3. The summed E-state index contributed by atoms with van der Waals surface area (Å²) in [5, 5.41) is 12.5. The smallest absolute Gasteiger partial charge is 0.344 e. The SMILES string of the molecule is N#Cc1ccc(Cn2cncc2CCN(Cc2cccnc2Cl)C(=S)Nc2cccc(C(F)(F)F)c2)cc1. The van der Waals surface area contributed by atoms with Crippen molar-refractivity contribution in [3.63, 3.8) is 0 Å². The summed E-state index contributed by atoms with van der Waals surface area (Å²) in [4.78, 5) is 10.2. The van der Waals surface area contributed by atoms with Crippen molar-refractivity contribution in [2.24, 2.45) is 0 Å². The van der Waals surface area contributed by atoms with Crippen molar-refractivity contribution >= 4 is 34.6 Å². The van der Waals surface area contributed by atoms with Crippen molar-refractivity contribution in [3.8, 4) is 6.07 Å². The summed E-state index contributed by atoms with van der Waals surface area (Å²) in [6.45, 7) is 1.32. The number of nitrogens with zero attached hydrogens (tertiary/aromatic N) is 5. The predicted octanol–water partition coefficient (Wildman–Crippen LogP) is 6.31. The Balaban J connectivity index is 1.51. The summed E-state index contributed by atoms with van der Waals surface area (Å²) >= 11 is 11.9. The summed E-state index contributed by atoms with van der Waals surface area (Å²) in [6, 6.07) is 17.9. The van der Waals surface area contributed by atoms with Gasteiger partial charge in [-0.1, -0.05) is 35.9 Å². The fourth-order valence-electron chi connectivity index (χ4n) is 3.80. The fourth-order valence-corrected chi connectivity index (χ4v) is 4.25. The van der Waals surface area contributed by atoms with Crippen LogP contribution in [0, 0.1) is 11.3 Å². The number of rotatable bonds is 8. The maximum absolute atomic E-state index is 13.2. The Hall–Kier alpha value is -3.94. The lowest BCUT2D eigenvalue weighted by atomic mass is 10.1. The second kappa shape index (κ2) is 12.1. The third kappa shape index (κ3) is 7.09. The number of nitrogens with one attached hydrogen (secondary N) is 1. The van der Waals surface area contributed by atoms with Gasteiger partial charge >= 0.3 is 6.18 Å². The van der Waals surface area contributed by atoms with Crippen LogP contribution in [0.15, 0.2) is 79.4 Å². The van der Waals surface area contributed by atoms with Gasteiger partial charge in [-0.3, -0.25) is 0 Å². The van der Waals surface area contributed by atoms with Crippen molar-refractivity contribution < 1.29 is 13.2 Å². The normalized spacial score (nSPS) is 11.1. The van der Waals surface area contributed by atoms with Gasteiger partial charge in [-0.2, -0.15) is 18.4 Å². The molecule has 0 saturated carbocycles. The minimum atomic E-state index is -4.46. The lowest BCUT2D eigenvalue weighted by Crippen LogP contribution is -2.36. The van der Waals surface area contributed by atoms with E-state index in [2.05, 4.69) is 21.4 Å². The molecule has 0 amide bonds. The third-order valence-electron chi connectivity index (χ3n) is 5.80. The number of hydrogen-bond acceptors (Lipinski definition) is 4. The van der Waals surface area contributed by atoms with Gasteiger partial charge in [0.1, 0.15) is 5.15 Å². The maximum Gasteiger partial charge on any atom is 0.416 e. The van der Waals surface area contributed by atoms with Crippen LogP contribution in [0.5, 0.6) is 0 Å². The van der Waals surface area contributed by atoms with Gasteiger partial charge in [0.05, 0.1) is 23.5 Å². The number of benzene rings is 2. The van der Waals surface area contributed by atoms with Gasteiger partial charge in [-0.05, 0) is 54.2 Å². The van der Waals surface area contributed by atoms with E-state index in [0.717, 1.165) is 29.0 Å². The molecular formula is C27H22ClF3N6S. The number of pyridine rings is 1. The first-order chi connectivity index (χ1) is 18.2. The summed E-state index contributed by atoms with van der Waals surface area (Å²) < 4.78 is 41.6. The van der Waals surface area contributed by atoms with Gasteiger partial charge < -0.3 is 14.8 Å². The lowest BCUT2D eigenvalue weighted by molar-refractivity contribution is -0.137. The lowest BCUT2D eigenvalue weighted by Gasteiger charge is -2.26. The fraction of sp³-hybridized carbons (Fsp3) is 0.185. The molecule has 0 atom stereocenters. The topological polar surface area (TPSA) is 69.8 Å². The van der Waals surface area contributed by atoms with Gasteiger partial charge in [-0.25, -0.2) is 9.97 Å². The highest BCUT2D eigenvalue weighted by atomic mass is 35.5. The highest BCUT2D eigenvalue weighted by molar-refractivity contribution is 7.80. The molecule has 1 N–H and O–H groups in total. The van der Waals surface area contributed by atoms with Gasteiger partial charge in [0.2, 0.25) is 0 Å². The number of hydrogen-bond donors (Lipinski definition) is 1. The van der Waals surface area contributed by atoms with Crippen LogP contribution in [0.3, 0.4) is 0 Å². The van der Waals surface area contributed by atoms with Crippen molar-refractivity contribution in [3.05, 3.63) is 112 Å². The minimum Gasteiger partial charge on any atom is -0.344 e. The van der Waals surface area contributed by atoms with Gasteiger partial charge in [-0.15, -0.1) is 0 Å². The van der Waals surface area contributed by atoms with E-state index in [0.29, 0.717) is 36.8 Å². The first-order valence-corrected chi connectivity index (χ1v) is 12.3. The second-order valence-corrected chi connectivity index (χ2v) is 9.20. The van der Waals surface area contributed by atoms with Crippen molar-refractivity contribution in [1.29, 1.82) is 5.26 Å². The van der Waals surface area contributed by atoms with E-state index in [-0.39, 0.29) is 10.8 Å². The Labute approximate surface area is 228 Å². The van der Waals surface area contributed by atoms with Crippen LogP contribution in [-0.4, -0.2) is 31.1 Å². The first-order valence-electron chi connectivity index (χ1n) is 11.5. The van der Waals surface area contributed by atoms with Crippen LogP contribution >= 0.6 is 23.8 Å². The van der Waals surface area contributed by atoms with Crippen LogP contribution in [0.2, 0.25) is 5.15 Å². The number of aromatic nitrogens is 3. The zero-order chi connectivity index (χ0) is 27.1. The molecule has 0 fully saturated rings. The number of imidazole rings is 1. The Morgan fingerprint density at radius 3 is 2.63 bits per heavy atom.